The molecule has 1 aromatic rings. The van der Waals surface area contributed by atoms with Crippen molar-refractivity contribution >= 4 is 17.7 Å². The monoisotopic (exact) mass is 262 g/mol. The third-order valence-corrected chi connectivity index (χ3v) is 2.88. The zero-order valence-electron chi connectivity index (χ0n) is 10.5. The lowest BCUT2D eigenvalue weighted by atomic mass is 10.1. The van der Waals surface area contributed by atoms with E-state index in [1.165, 1.54) is 12.0 Å². The molecule has 19 heavy (non-hydrogen) atoms. The van der Waals surface area contributed by atoms with E-state index in [-0.39, 0.29) is 30.7 Å². The van der Waals surface area contributed by atoms with E-state index in [0.29, 0.717) is 17.5 Å². The summed E-state index contributed by atoms with van der Waals surface area (Å²) in [5.74, 6) is -0.875. The Morgan fingerprint density at radius 2 is 1.79 bits per heavy atom. The number of nitrogens with one attached hydrogen (secondary N) is 1. The first-order valence-electron chi connectivity index (χ1n) is 5.92. The highest BCUT2D eigenvalue weighted by atomic mass is 16.6. The fourth-order valence-electron chi connectivity index (χ4n) is 2.00. The highest BCUT2D eigenvalue weighted by Crippen LogP contribution is 2.22. The highest BCUT2D eigenvalue weighted by Gasteiger charge is 2.34. The minimum Gasteiger partial charge on any atom is -0.277 e. The van der Waals surface area contributed by atoms with Gasteiger partial charge in [-0.1, -0.05) is 12.1 Å². The summed E-state index contributed by atoms with van der Waals surface area (Å²) in [7, 11) is 1.35. The molecule has 0 spiro atoms. The van der Waals surface area contributed by atoms with Crippen molar-refractivity contribution in [2.45, 2.75) is 12.8 Å². The van der Waals surface area contributed by atoms with E-state index >= 15 is 0 Å². The van der Waals surface area contributed by atoms with E-state index < -0.39 is 0 Å². The zero-order valence-corrected chi connectivity index (χ0v) is 10.5. The van der Waals surface area contributed by atoms with Crippen LogP contribution in [-0.2, 0) is 9.63 Å². The van der Waals surface area contributed by atoms with Gasteiger partial charge in [-0.3, -0.25) is 24.1 Å². The summed E-state index contributed by atoms with van der Waals surface area (Å²) < 4.78 is 0. The van der Waals surface area contributed by atoms with Crippen LogP contribution in [0.5, 0.6) is 0 Å². The molecular formula is C13H14N2O4. The molecular weight excluding hydrogens is 248 g/mol. The van der Waals surface area contributed by atoms with Crippen molar-refractivity contribution < 1.29 is 19.2 Å². The van der Waals surface area contributed by atoms with Gasteiger partial charge in [-0.25, -0.2) is 5.48 Å². The smallest absolute Gasteiger partial charge is 0.261 e. The van der Waals surface area contributed by atoms with E-state index in [1.807, 2.05) is 0 Å². The van der Waals surface area contributed by atoms with Crippen LogP contribution in [0.4, 0.5) is 0 Å². The maximum Gasteiger partial charge on any atom is 0.261 e. The second-order valence-electron chi connectivity index (χ2n) is 4.14. The van der Waals surface area contributed by atoms with Gasteiger partial charge in [-0.05, 0) is 18.6 Å². The topological polar surface area (TPSA) is 75.7 Å². The second-order valence-corrected chi connectivity index (χ2v) is 4.14. The van der Waals surface area contributed by atoms with Crippen LogP contribution in [-0.4, -0.2) is 36.3 Å². The molecule has 100 valence electrons. The Balaban J connectivity index is 1.95. The predicted molar refractivity (Wildman–Crippen MR) is 66.2 cm³/mol. The number of benzene rings is 1. The van der Waals surface area contributed by atoms with Gasteiger partial charge in [0, 0.05) is 13.0 Å². The van der Waals surface area contributed by atoms with Crippen molar-refractivity contribution in [3.63, 3.8) is 0 Å². The number of hydroxylamine groups is 1. The molecule has 1 N–H and O–H groups in total. The lowest BCUT2D eigenvalue weighted by Gasteiger charge is -2.13. The van der Waals surface area contributed by atoms with E-state index in [1.54, 1.807) is 24.3 Å². The summed E-state index contributed by atoms with van der Waals surface area (Å²) in [6, 6.07) is 6.71. The fourth-order valence-corrected chi connectivity index (χ4v) is 2.00. The maximum absolute atomic E-state index is 12.0. The lowest BCUT2D eigenvalue weighted by Crippen LogP contribution is -2.31. The van der Waals surface area contributed by atoms with Crippen LogP contribution in [0.3, 0.4) is 0 Å². The summed E-state index contributed by atoms with van der Waals surface area (Å²) in [5.41, 5.74) is 3.03. The zero-order chi connectivity index (χ0) is 13.8. The van der Waals surface area contributed by atoms with Crippen LogP contribution in [0.1, 0.15) is 33.6 Å². The minimum atomic E-state index is -0.298. The molecule has 0 saturated carbocycles. The Morgan fingerprint density at radius 1 is 1.21 bits per heavy atom. The summed E-state index contributed by atoms with van der Waals surface area (Å²) in [6.45, 7) is 0.226. The molecule has 1 aromatic carbocycles. The molecule has 0 aliphatic carbocycles. The Kier molecular flexibility index (Phi) is 3.91. The molecule has 2 rings (SSSR count). The number of rotatable bonds is 5. The van der Waals surface area contributed by atoms with Crippen LogP contribution < -0.4 is 5.48 Å². The number of nitrogens with zero attached hydrogens (tertiary/aromatic N) is 1. The molecule has 0 aromatic heterocycles. The van der Waals surface area contributed by atoms with Crippen LogP contribution in [0, 0.1) is 0 Å². The van der Waals surface area contributed by atoms with Gasteiger partial charge in [-0.2, -0.15) is 0 Å². The molecule has 6 nitrogen and oxygen atoms in total. The third-order valence-electron chi connectivity index (χ3n) is 2.88. The van der Waals surface area contributed by atoms with Crippen molar-refractivity contribution in [3.8, 4) is 0 Å². The number of amides is 3. The molecule has 1 aliphatic rings. The molecule has 1 heterocycles. The molecule has 0 radical (unpaired) electrons. The van der Waals surface area contributed by atoms with Crippen molar-refractivity contribution in [1.82, 2.24) is 10.4 Å². The first-order chi connectivity index (χ1) is 9.15. The van der Waals surface area contributed by atoms with Gasteiger partial charge >= 0.3 is 0 Å². The van der Waals surface area contributed by atoms with Gasteiger partial charge < -0.3 is 0 Å². The Labute approximate surface area is 110 Å². The second kappa shape index (κ2) is 5.62. The van der Waals surface area contributed by atoms with Gasteiger partial charge in [-0.15, -0.1) is 0 Å². The molecule has 0 atom stereocenters. The summed E-state index contributed by atoms with van der Waals surface area (Å²) in [4.78, 5) is 40.8. The lowest BCUT2D eigenvalue weighted by molar-refractivity contribution is -0.131. The Hall–Kier alpha value is -2.21. The molecule has 0 saturated heterocycles. The summed E-state index contributed by atoms with van der Waals surface area (Å²) in [6.07, 6.45) is 0.599. The normalized spacial score (nSPS) is 13.6. The van der Waals surface area contributed by atoms with E-state index in [9.17, 15) is 14.4 Å². The van der Waals surface area contributed by atoms with Gasteiger partial charge in [0.15, 0.2) is 0 Å². The van der Waals surface area contributed by atoms with Gasteiger partial charge in [0.2, 0.25) is 5.91 Å². The Morgan fingerprint density at radius 3 is 2.32 bits per heavy atom. The van der Waals surface area contributed by atoms with Crippen molar-refractivity contribution in [2.24, 2.45) is 0 Å². The van der Waals surface area contributed by atoms with Crippen LogP contribution in [0.25, 0.3) is 0 Å². The van der Waals surface area contributed by atoms with Crippen molar-refractivity contribution in [3.05, 3.63) is 35.4 Å². The van der Waals surface area contributed by atoms with Crippen LogP contribution in [0.2, 0.25) is 0 Å². The molecule has 0 fully saturated rings. The highest BCUT2D eigenvalue weighted by molar-refractivity contribution is 6.21. The number of hydrogen-bond donors (Lipinski definition) is 1. The van der Waals surface area contributed by atoms with Crippen molar-refractivity contribution in [2.75, 3.05) is 13.7 Å². The molecule has 1 aliphatic heterocycles. The van der Waals surface area contributed by atoms with E-state index in [4.69, 9.17) is 0 Å². The standard InChI is InChI=1S/C13H14N2O4/c1-19-14-11(16)7-4-8-15-12(17)9-5-2-3-6-10(9)13(15)18/h2-3,5-6H,4,7-8H2,1H3,(H,14,16). The minimum absolute atomic E-state index is 0.196. The quantitative estimate of drug-likeness (QED) is 0.627. The molecule has 0 bridgehead atoms. The summed E-state index contributed by atoms with van der Waals surface area (Å²) >= 11 is 0. The predicted octanol–water partition coefficient (Wildman–Crippen LogP) is 0.740. The first-order valence-corrected chi connectivity index (χ1v) is 5.92. The number of fused-ring (bicyclic) bond motifs is 1. The third kappa shape index (κ3) is 2.63. The average molecular weight is 262 g/mol. The van der Waals surface area contributed by atoms with Crippen LogP contribution >= 0.6 is 0 Å². The first kappa shape index (κ1) is 13.2. The molecule has 0 unspecified atom stereocenters. The van der Waals surface area contributed by atoms with E-state index in [2.05, 4.69) is 10.3 Å². The summed E-state index contributed by atoms with van der Waals surface area (Å²) in [5, 5.41) is 0. The van der Waals surface area contributed by atoms with Crippen LogP contribution in [0.15, 0.2) is 24.3 Å². The van der Waals surface area contributed by atoms with Gasteiger partial charge in [0.05, 0.1) is 18.2 Å². The molecule has 3 amide bonds. The maximum atomic E-state index is 12.0. The number of carbonyl (C=O) groups is 3. The number of imide groups is 1. The largest absolute Gasteiger partial charge is 0.277 e. The SMILES string of the molecule is CONC(=O)CCCN1C(=O)c2ccccc2C1=O. The van der Waals surface area contributed by atoms with Gasteiger partial charge in [0.1, 0.15) is 0 Å². The Bertz CT molecular complexity index is 492. The van der Waals surface area contributed by atoms with Gasteiger partial charge in [0.25, 0.3) is 11.8 Å². The average Bonchev–Trinajstić information content (AvgIpc) is 2.65. The fraction of sp³-hybridized carbons (Fsp3) is 0.308. The van der Waals surface area contributed by atoms with E-state index in [0.717, 1.165) is 0 Å². The molecule has 6 heteroatoms. The number of carbonyl (C=O) groups excluding carboxylic acids is 3. The van der Waals surface area contributed by atoms with Crippen molar-refractivity contribution in [1.29, 1.82) is 0 Å². The number of hydrogen-bond acceptors (Lipinski definition) is 4.